The highest BCUT2D eigenvalue weighted by atomic mass is 32.2. The summed E-state index contributed by atoms with van der Waals surface area (Å²) in [6, 6.07) is 6.43. The van der Waals surface area contributed by atoms with Crippen molar-refractivity contribution in [1.29, 1.82) is 0 Å². The first kappa shape index (κ1) is 14.5. The average Bonchev–Trinajstić information content (AvgIpc) is 2.32. The van der Waals surface area contributed by atoms with Gasteiger partial charge < -0.3 is 4.90 Å². The summed E-state index contributed by atoms with van der Waals surface area (Å²) in [5, 5.41) is 0.417. The van der Waals surface area contributed by atoms with E-state index in [2.05, 4.69) is 18.7 Å². The Labute approximate surface area is 118 Å². The van der Waals surface area contributed by atoms with E-state index in [-0.39, 0.29) is 22.8 Å². The van der Waals surface area contributed by atoms with Crippen LogP contribution >= 0.6 is 11.8 Å². The van der Waals surface area contributed by atoms with Crippen molar-refractivity contribution < 1.29 is 9.18 Å². The second-order valence-electron chi connectivity index (χ2n) is 5.40. The number of likely N-dealkylation sites (N-methyl/N-ethyl adjacent to an activating group) is 1. The molecule has 1 aliphatic rings. The number of Topliss-reactive ketones (excluding diaryl/α,β-unsaturated/α-hetero) is 1. The number of rotatable bonds is 3. The van der Waals surface area contributed by atoms with Gasteiger partial charge >= 0.3 is 0 Å². The van der Waals surface area contributed by atoms with Crippen LogP contribution in [-0.4, -0.2) is 41.3 Å². The number of ketones is 1. The molecule has 1 heterocycles. The monoisotopic (exact) mass is 281 g/mol. The molecule has 0 aliphatic carbocycles. The normalized spacial score (nSPS) is 25.0. The molecular formula is C15H20FNOS. The summed E-state index contributed by atoms with van der Waals surface area (Å²) in [5.41, 5.74) is 0.797. The highest BCUT2D eigenvalue weighted by Gasteiger charge is 2.35. The van der Waals surface area contributed by atoms with Gasteiger partial charge in [-0.25, -0.2) is 4.39 Å². The van der Waals surface area contributed by atoms with E-state index in [0.717, 1.165) is 12.1 Å². The van der Waals surface area contributed by atoms with Gasteiger partial charge in [0.1, 0.15) is 5.82 Å². The number of carbonyl (C=O) groups excluding carboxylic acids is 1. The zero-order valence-electron chi connectivity index (χ0n) is 11.6. The summed E-state index contributed by atoms with van der Waals surface area (Å²) in [5.74, 6) is -0.236. The summed E-state index contributed by atoms with van der Waals surface area (Å²) in [6.45, 7) is 5.67. The van der Waals surface area contributed by atoms with Crippen LogP contribution in [-0.2, 0) is 4.79 Å². The molecule has 0 bridgehead atoms. The molecule has 19 heavy (non-hydrogen) atoms. The van der Waals surface area contributed by atoms with Crippen LogP contribution in [0, 0.1) is 5.82 Å². The quantitative estimate of drug-likeness (QED) is 0.849. The molecule has 104 valence electrons. The van der Waals surface area contributed by atoms with E-state index in [1.54, 1.807) is 17.8 Å². The van der Waals surface area contributed by atoms with Gasteiger partial charge in [-0.3, -0.25) is 4.79 Å². The van der Waals surface area contributed by atoms with E-state index in [1.165, 1.54) is 12.1 Å². The number of carbonyl (C=O) groups is 1. The minimum Gasteiger partial charge on any atom is -0.304 e. The molecule has 2 rings (SSSR count). The molecule has 2 unspecified atom stereocenters. The van der Waals surface area contributed by atoms with Crippen LogP contribution in [0.1, 0.15) is 25.3 Å². The Kier molecular flexibility index (Phi) is 4.63. The van der Waals surface area contributed by atoms with Crippen LogP contribution < -0.4 is 0 Å². The molecule has 0 N–H and O–H groups in total. The summed E-state index contributed by atoms with van der Waals surface area (Å²) in [6.07, 6.45) is 0. The second kappa shape index (κ2) is 6.06. The van der Waals surface area contributed by atoms with E-state index in [9.17, 15) is 9.18 Å². The molecule has 0 saturated carbocycles. The van der Waals surface area contributed by atoms with Crippen LogP contribution in [0.3, 0.4) is 0 Å². The summed E-state index contributed by atoms with van der Waals surface area (Å²) in [7, 11) is 2.02. The van der Waals surface area contributed by atoms with Crippen LogP contribution in [0.15, 0.2) is 24.3 Å². The van der Waals surface area contributed by atoms with Gasteiger partial charge in [-0.1, -0.05) is 26.0 Å². The van der Waals surface area contributed by atoms with E-state index in [1.807, 2.05) is 13.1 Å². The van der Waals surface area contributed by atoms with Gasteiger partial charge in [-0.15, -0.1) is 11.8 Å². The van der Waals surface area contributed by atoms with Crippen molar-refractivity contribution in [3.8, 4) is 0 Å². The number of piperidine rings is 1. The van der Waals surface area contributed by atoms with Crippen molar-refractivity contribution in [3.63, 3.8) is 0 Å². The molecule has 1 aromatic rings. The molecule has 2 atom stereocenters. The van der Waals surface area contributed by atoms with E-state index < -0.39 is 0 Å². The average molecular weight is 281 g/mol. The fraction of sp³-hybridized carbons (Fsp3) is 0.533. The van der Waals surface area contributed by atoms with Gasteiger partial charge in [0.15, 0.2) is 5.78 Å². The van der Waals surface area contributed by atoms with Crippen molar-refractivity contribution in [2.75, 3.05) is 20.1 Å². The van der Waals surface area contributed by atoms with Crippen LogP contribution in [0.2, 0.25) is 0 Å². The lowest BCUT2D eigenvalue weighted by Crippen LogP contribution is -2.46. The number of thioether (sulfide) groups is 1. The second-order valence-corrected chi connectivity index (χ2v) is 7.19. The number of halogens is 1. The van der Waals surface area contributed by atoms with Crippen molar-refractivity contribution in [2.24, 2.45) is 0 Å². The van der Waals surface area contributed by atoms with Crippen LogP contribution in [0.5, 0.6) is 0 Å². The molecule has 1 saturated heterocycles. The molecular weight excluding hydrogens is 261 g/mol. The van der Waals surface area contributed by atoms with Gasteiger partial charge in [0.05, 0.1) is 11.2 Å². The molecule has 0 radical (unpaired) electrons. The van der Waals surface area contributed by atoms with Gasteiger partial charge in [0.2, 0.25) is 0 Å². The predicted octanol–water partition coefficient (Wildman–Crippen LogP) is 2.93. The van der Waals surface area contributed by atoms with Crippen LogP contribution in [0.25, 0.3) is 0 Å². The third-order valence-electron chi connectivity index (χ3n) is 3.32. The van der Waals surface area contributed by atoms with Gasteiger partial charge in [0, 0.05) is 13.1 Å². The summed E-state index contributed by atoms with van der Waals surface area (Å²) >= 11 is 1.70. The molecule has 2 nitrogen and oxygen atoms in total. The number of likely N-dealkylation sites (tertiary alicyclic amines) is 1. The molecule has 1 aliphatic heterocycles. The van der Waals surface area contributed by atoms with Gasteiger partial charge in [-0.2, -0.15) is 0 Å². The van der Waals surface area contributed by atoms with Gasteiger partial charge in [-0.05, 0) is 30.0 Å². The highest BCUT2D eigenvalue weighted by Crippen LogP contribution is 2.31. The Morgan fingerprint density at radius 3 is 2.74 bits per heavy atom. The van der Waals surface area contributed by atoms with Crippen molar-refractivity contribution in [1.82, 2.24) is 4.90 Å². The highest BCUT2D eigenvalue weighted by molar-refractivity contribution is 8.01. The maximum atomic E-state index is 13.3. The number of benzene rings is 1. The molecule has 1 aromatic carbocycles. The lowest BCUT2D eigenvalue weighted by Gasteiger charge is -2.35. The zero-order chi connectivity index (χ0) is 14.0. The van der Waals surface area contributed by atoms with Crippen molar-refractivity contribution in [3.05, 3.63) is 35.6 Å². The Hall–Kier alpha value is -0.870. The zero-order valence-corrected chi connectivity index (χ0v) is 12.4. The Bertz CT molecular complexity index is 461. The minimum atomic E-state index is -0.272. The third-order valence-corrected chi connectivity index (χ3v) is 4.57. The maximum absolute atomic E-state index is 13.3. The van der Waals surface area contributed by atoms with E-state index >= 15 is 0 Å². The molecule has 4 heteroatoms. The topological polar surface area (TPSA) is 20.3 Å². The Morgan fingerprint density at radius 2 is 2.11 bits per heavy atom. The number of hydrogen-bond donors (Lipinski definition) is 0. The maximum Gasteiger partial charge on any atom is 0.155 e. The minimum absolute atomic E-state index is 0.00739. The third kappa shape index (κ3) is 3.57. The summed E-state index contributed by atoms with van der Waals surface area (Å²) < 4.78 is 13.3. The smallest absolute Gasteiger partial charge is 0.155 e. The van der Waals surface area contributed by atoms with Crippen molar-refractivity contribution in [2.45, 2.75) is 30.3 Å². The van der Waals surface area contributed by atoms with E-state index in [4.69, 9.17) is 0 Å². The number of nitrogens with zero attached hydrogens (tertiary/aromatic N) is 1. The lowest BCUT2D eigenvalue weighted by molar-refractivity contribution is -0.122. The predicted molar refractivity (Wildman–Crippen MR) is 78.2 cm³/mol. The van der Waals surface area contributed by atoms with Gasteiger partial charge in [0.25, 0.3) is 0 Å². The Morgan fingerprint density at radius 1 is 1.37 bits per heavy atom. The molecule has 0 spiro atoms. The number of hydrogen-bond acceptors (Lipinski definition) is 3. The fourth-order valence-corrected chi connectivity index (χ4v) is 3.80. The SMILES string of the molecule is CC(C)SC1CN(C)CC(c2cccc(F)c2)C1=O. The fourth-order valence-electron chi connectivity index (χ4n) is 2.51. The molecule has 0 amide bonds. The first-order valence-corrected chi connectivity index (χ1v) is 7.55. The molecule has 0 aromatic heterocycles. The largest absolute Gasteiger partial charge is 0.304 e. The Balaban J connectivity index is 2.22. The van der Waals surface area contributed by atoms with E-state index in [0.29, 0.717) is 11.8 Å². The van der Waals surface area contributed by atoms with Crippen LogP contribution in [0.4, 0.5) is 4.39 Å². The molecule has 1 fully saturated rings. The summed E-state index contributed by atoms with van der Waals surface area (Å²) in [4.78, 5) is 14.7. The lowest BCUT2D eigenvalue weighted by atomic mass is 9.89. The first-order chi connectivity index (χ1) is 8.97. The van der Waals surface area contributed by atoms with Crippen molar-refractivity contribution >= 4 is 17.5 Å². The standard InChI is InChI=1S/C15H20FNOS/c1-10(2)19-14-9-17(3)8-13(15(14)18)11-5-4-6-12(16)7-11/h4-7,10,13-14H,8-9H2,1-3H3. The first-order valence-electron chi connectivity index (χ1n) is 6.60.